The van der Waals surface area contributed by atoms with E-state index < -0.39 is 19.2 Å². The Morgan fingerprint density at radius 2 is 2.08 bits per heavy atom. The van der Waals surface area contributed by atoms with E-state index >= 15 is 0 Å². The summed E-state index contributed by atoms with van der Waals surface area (Å²) < 4.78 is 24.3. The van der Waals surface area contributed by atoms with Gasteiger partial charge in [0.05, 0.1) is 0 Å². The maximum Gasteiger partial charge on any atom is 0.490 e. The Labute approximate surface area is 81.7 Å². The van der Waals surface area contributed by atoms with Crippen molar-refractivity contribution in [3.63, 3.8) is 0 Å². The molecule has 1 heterocycles. The second-order valence-electron chi connectivity index (χ2n) is 2.31. The van der Waals surface area contributed by atoms with Gasteiger partial charge in [0, 0.05) is 16.1 Å². The molecule has 2 N–H and O–H groups in total. The topological polar surface area (TPSA) is 53.4 Å². The van der Waals surface area contributed by atoms with E-state index in [2.05, 4.69) is 20.9 Å². The van der Waals surface area contributed by atoms with Gasteiger partial charge in [0.25, 0.3) is 6.43 Å². The van der Waals surface area contributed by atoms with Gasteiger partial charge in [0.15, 0.2) is 0 Å². The first kappa shape index (κ1) is 10.6. The van der Waals surface area contributed by atoms with Crippen LogP contribution in [0.1, 0.15) is 12.1 Å². The third-order valence-corrected chi connectivity index (χ3v) is 2.03. The zero-order chi connectivity index (χ0) is 10.0. The summed E-state index contributed by atoms with van der Waals surface area (Å²) in [6.07, 6.45) is -1.68. The Morgan fingerprint density at radius 3 is 2.46 bits per heavy atom. The highest BCUT2D eigenvalue weighted by atomic mass is 79.9. The Morgan fingerprint density at radius 1 is 1.46 bits per heavy atom. The van der Waals surface area contributed by atoms with Crippen LogP contribution in [0.4, 0.5) is 8.78 Å². The number of hydrogen-bond donors (Lipinski definition) is 2. The molecule has 0 aliphatic rings. The van der Waals surface area contributed by atoms with Crippen molar-refractivity contribution in [2.24, 2.45) is 0 Å². The molecule has 0 unspecified atom stereocenters. The number of nitrogens with zero attached hydrogens (tertiary/aromatic N) is 1. The van der Waals surface area contributed by atoms with E-state index in [4.69, 9.17) is 10.0 Å². The average molecular weight is 252 g/mol. The first-order chi connectivity index (χ1) is 6.02. The van der Waals surface area contributed by atoms with Crippen LogP contribution in [-0.4, -0.2) is 22.2 Å². The maximum absolute atomic E-state index is 12.1. The largest absolute Gasteiger partial charge is 0.490 e. The third kappa shape index (κ3) is 2.46. The molecule has 1 aromatic heterocycles. The van der Waals surface area contributed by atoms with Gasteiger partial charge in [-0.15, -0.1) is 0 Å². The van der Waals surface area contributed by atoms with Gasteiger partial charge in [0.2, 0.25) is 0 Å². The number of rotatable bonds is 2. The summed E-state index contributed by atoms with van der Waals surface area (Å²) in [5, 5.41) is 17.4. The number of alkyl halides is 2. The molecule has 3 nitrogen and oxygen atoms in total. The van der Waals surface area contributed by atoms with Gasteiger partial charge in [0.1, 0.15) is 5.69 Å². The van der Waals surface area contributed by atoms with Crippen LogP contribution in [0, 0.1) is 0 Å². The lowest BCUT2D eigenvalue weighted by Gasteiger charge is -2.04. The van der Waals surface area contributed by atoms with Gasteiger partial charge >= 0.3 is 7.12 Å². The standard InChI is InChI=1S/C6H5BBrF2NO2/c8-4-1-3(7(12)13)2-11-5(4)6(9)10/h1-2,6,12-13H. The minimum atomic E-state index is -2.68. The number of halogens is 3. The molecule has 0 radical (unpaired) electrons. The van der Waals surface area contributed by atoms with Gasteiger partial charge in [-0.05, 0) is 22.0 Å². The molecule has 0 aromatic carbocycles. The van der Waals surface area contributed by atoms with Crippen LogP contribution in [0.15, 0.2) is 16.7 Å². The molecule has 0 spiro atoms. The van der Waals surface area contributed by atoms with E-state index in [0.717, 1.165) is 6.20 Å². The lowest BCUT2D eigenvalue weighted by Crippen LogP contribution is -2.30. The Hall–Kier alpha value is -0.525. The van der Waals surface area contributed by atoms with Gasteiger partial charge in [-0.1, -0.05) is 0 Å². The second-order valence-corrected chi connectivity index (χ2v) is 3.16. The minimum absolute atomic E-state index is 0.0631. The zero-order valence-corrected chi connectivity index (χ0v) is 7.87. The quantitative estimate of drug-likeness (QED) is 0.751. The molecule has 0 saturated heterocycles. The fraction of sp³-hybridized carbons (Fsp3) is 0.167. The van der Waals surface area contributed by atoms with Crippen LogP contribution in [0.25, 0.3) is 0 Å². The molecular formula is C6H5BBrF2NO2. The smallest absolute Gasteiger partial charge is 0.423 e. The summed E-state index contributed by atoms with van der Waals surface area (Å²) in [6, 6.07) is 1.19. The number of aromatic nitrogens is 1. The molecule has 1 aromatic rings. The number of pyridine rings is 1. The zero-order valence-electron chi connectivity index (χ0n) is 6.28. The van der Waals surface area contributed by atoms with Crippen LogP contribution in [0.3, 0.4) is 0 Å². The monoisotopic (exact) mass is 251 g/mol. The van der Waals surface area contributed by atoms with Crippen molar-refractivity contribution in [3.8, 4) is 0 Å². The summed E-state index contributed by atoms with van der Waals surface area (Å²) in [7, 11) is -1.70. The summed E-state index contributed by atoms with van der Waals surface area (Å²) in [5.74, 6) is 0. The van der Waals surface area contributed by atoms with Crippen molar-refractivity contribution in [1.82, 2.24) is 4.98 Å². The molecule has 0 saturated carbocycles. The molecule has 13 heavy (non-hydrogen) atoms. The molecule has 0 atom stereocenters. The first-order valence-electron chi connectivity index (χ1n) is 3.32. The summed E-state index contributed by atoms with van der Waals surface area (Å²) in [4.78, 5) is 3.38. The van der Waals surface area contributed by atoms with E-state index in [-0.39, 0.29) is 9.94 Å². The molecule has 0 amide bonds. The van der Waals surface area contributed by atoms with Crippen LogP contribution >= 0.6 is 15.9 Å². The van der Waals surface area contributed by atoms with Crippen molar-refractivity contribution in [3.05, 3.63) is 22.4 Å². The molecule has 7 heteroatoms. The highest BCUT2D eigenvalue weighted by Gasteiger charge is 2.17. The van der Waals surface area contributed by atoms with E-state index in [1.807, 2.05) is 0 Å². The molecule has 0 fully saturated rings. The Bertz CT molecular complexity index is 311. The van der Waals surface area contributed by atoms with E-state index in [9.17, 15) is 8.78 Å². The maximum atomic E-state index is 12.1. The van der Waals surface area contributed by atoms with Crippen molar-refractivity contribution in [1.29, 1.82) is 0 Å². The summed E-state index contributed by atoms with van der Waals surface area (Å²) >= 11 is 2.85. The van der Waals surface area contributed by atoms with Gasteiger partial charge < -0.3 is 10.0 Å². The molecule has 70 valence electrons. The molecule has 1 rings (SSSR count). The van der Waals surface area contributed by atoms with Crippen molar-refractivity contribution in [2.45, 2.75) is 6.43 Å². The molecule has 0 bridgehead atoms. The Balaban J connectivity index is 3.06. The third-order valence-electron chi connectivity index (χ3n) is 1.40. The van der Waals surface area contributed by atoms with Gasteiger partial charge in [-0.3, -0.25) is 4.98 Å². The minimum Gasteiger partial charge on any atom is -0.423 e. The number of hydrogen-bond acceptors (Lipinski definition) is 3. The molecule has 0 aliphatic carbocycles. The lowest BCUT2D eigenvalue weighted by molar-refractivity contribution is 0.145. The van der Waals surface area contributed by atoms with Gasteiger partial charge in [-0.2, -0.15) is 0 Å². The van der Waals surface area contributed by atoms with Crippen molar-refractivity contribution >= 4 is 28.5 Å². The van der Waals surface area contributed by atoms with E-state index in [1.165, 1.54) is 6.07 Å². The Kier molecular flexibility index (Phi) is 3.35. The SMILES string of the molecule is OB(O)c1cnc(C(F)F)c(Br)c1. The van der Waals surface area contributed by atoms with Gasteiger partial charge in [-0.25, -0.2) is 8.78 Å². The second kappa shape index (κ2) is 4.12. The van der Waals surface area contributed by atoms with Crippen LogP contribution in [0.2, 0.25) is 0 Å². The average Bonchev–Trinajstić information content (AvgIpc) is 2.03. The van der Waals surface area contributed by atoms with Crippen LogP contribution in [0.5, 0.6) is 0 Å². The van der Waals surface area contributed by atoms with Crippen molar-refractivity contribution < 1.29 is 18.8 Å². The fourth-order valence-corrected chi connectivity index (χ4v) is 1.30. The predicted molar refractivity (Wildman–Crippen MR) is 46.7 cm³/mol. The fourth-order valence-electron chi connectivity index (χ4n) is 0.765. The molecular weight excluding hydrogens is 247 g/mol. The predicted octanol–water partition coefficient (Wildman–Crippen LogP) is 0.461. The van der Waals surface area contributed by atoms with Crippen LogP contribution < -0.4 is 5.46 Å². The van der Waals surface area contributed by atoms with Crippen LogP contribution in [-0.2, 0) is 0 Å². The van der Waals surface area contributed by atoms with Crippen molar-refractivity contribution in [2.75, 3.05) is 0 Å². The van der Waals surface area contributed by atoms with E-state index in [0.29, 0.717) is 0 Å². The highest BCUT2D eigenvalue weighted by molar-refractivity contribution is 9.10. The normalized spacial score (nSPS) is 10.6. The highest BCUT2D eigenvalue weighted by Crippen LogP contribution is 2.23. The lowest BCUT2D eigenvalue weighted by atomic mass is 9.82. The summed E-state index contributed by atoms with van der Waals surface area (Å²) in [6.45, 7) is 0. The summed E-state index contributed by atoms with van der Waals surface area (Å²) in [5.41, 5.74) is -0.347. The molecule has 0 aliphatic heterocycles. The first-order valence-corrected chi connectivity index (χ1v) is 4.11. The van der Waals surface area contributed by atoms with E-state index in [1.54, 1.807) is 0 Å².